The molecule has 31 heavy (non-hydrogen) atoms. The number of halogens is 2. The van der Waals surface area contributed by atoms with Crippen LogP contribution in [0.15, 0.2) is 53.7 Å². The Morgan fingerprint density at radius 3 is 2.71 bits per heavy atom. The Balaban J connectivity index is 1.44. The molecule has 0 saturated carbocycles. The smallest absolute Gasteiger partial charge is 0.230 e. The van der Waals surface area contributed by atoms with E-state index in [0.717, 1.165) is 29.5 Å². The van der Waals surface area contributed by atoms with Crippen LogP contribution in [-0.2, 0) is 24.3 Å². The molecule has 164 valence electrons. The molecule has 0 atom stereocenters. The van der Waals surface area contributed by atoms with Crippen molar-refractivity contribution in [3.8, 4) is 5.75 Å². The maximum atomic E-state index is 12.2. The van der Waals surface area contributed by atoms with Crippen LogP contribution in [0.25, 0.3) is 0 Å². The quantitative estimate of drug-likeness (QED) is 0.309. The summed E-state index contributed by atoms with van der Waals surface area (Å²) in [7, 11) is 0. The van der Waals surface area contributed by atoms with Crippen LogP contribution in [0.1, 0.15) is 24.7 Å². The fourth-order valence-electron chi connectivity index (χ4n) is 2.91. The molecular formula is C22H24Cl2N4O2S. The minimum absolute atomic E-state index is 0.0331. The van der Waals surface area contributed by atoms with Crippen LogP contribution in [0.2, 0.25) is 10.0 Å². The molecule has 6 nitrogen and oxygen atoms in total. The number of hydrogen-bond donors (Lipinski definition) is 1. The molecule has 0 aliphatic carbocycles. The van der Waals surface area contributed by atoms with Crippen molar-refractivity contribution in [3.63, 3.8) is 0 Å². The molecule has 3 rings (SSSR count). The lowest BCUT2D eigenvalue weighted by molar-refractivity contribution is -0.118. The highest BCUT2D eigenvalue weighted by molar-refractivity contribution is 7.99. The maximum Gasteiger partial charge on any atom is 0.230 e. The van der Waals surface area contributed by atoms with Gasteiger partial charge in [0, 0.05) is 24.5 Å². The zero-order valence-corrected chi connectivity index (χ0v) is 19.5. The average Bonchev–Trinajstić information content (AvgIpc) is 3.17. The van der Waals surface area contributed by atoms with Gasteiger partial charge in [-0.1, -0.05) is 65.3 Å². The summed E-state index contributed by atoms with van der Waals surface area (Å²) in [6, 6.07) is 15.0. The number of nitrogens with one attached hydrogen (secondary N) is 1. The van der Waals surface area contributed by atoms with E-state index in [1.165, 1.54) is 11.8 Å². The lowest BCUT2D eigenvalue weighted by Gasteiger charge is -2.09. The van der Waals surface area contributed by atoms with E-state index in [1.54, 1.807) is 18.2 Å². The van der Waals surface area contributed by atoms with Crippen molar-refractivity contribution < 1.29 is 9.53 Å². The third-order valence-corrected chi connectivity index (χ3v) is 5.97. The SMILES string of the molecule is CCn1c(CCCOc2ccc(Cl)cc2Cl)nnc1SCC(=O)NCc1ccccc1. The number of aryl methyl sites for hydroxylation is 1. The maximum absolute atomic E-state index is 12.2. The topological polar surface area (TPSA) is 69.0 Å². The van der Waals surface area contributed by atoms with Crippen molar-refractivity contribution in [3.05, 3.63) is 70.0 Å². The molecular weight excluding hydrogens is 455 g/mol. The Hall–Kier alpha value is -2.22. The molecule has 1 amide bonds. The lowest BCUT2D eigenvalue weighted by atomic mass is 10.2. The summed E-state index contributed by atoms with van der Waals surface area (Å²) in [6.45, 7) is 3.79. The van der Waals surface area contributed by atoms with Crippen molar-refractivity contribution in [1.29, 1.82) is 0 Å². The number of aromatic nitrogens is 3. The van der Waals surface area contributed by atoms with E-state index in [2.05, 4.69) is 15.5 Å². The minimum Gasteiger partial charge on any atom is -0.492 e. The number of carbonyl (C=O) groups is 1. The average molecular weight is 479 g/mol. The fourth-order valence-corrected chi connectivity index (χ4v) is 4.22. The molecule has 0 spiro atoms. The third-order valence-electron chi connectivity index (χ3n) is 4.47. The number of carbonyl (C=O) groups excluding carboxylic acids is 1. The van der Waals surface area contributed by atoms with Crippen molar-refractivity contribution in [2.75, 3.05) is 12.4 Å². The summed E-state index contributed by atoms with van der Waals surface area (Å²) < 4.78 is 7.76. The van der Waals surface area contributed by atoms with Gasteiger partial charge in [0.15, 0.2) is 5.16 Å². The van der Waals surface area contributed by atoms with E-state index >= 15 is 0 Å². The first-order valence-electron chi connectivity index (χ1n) is 10.00. The summed E-state index contributed by atoms with van der Waals surface area (Å²) in [5.74, 6) is 1.75. The number of amides is 1. The first-order valence-corrected chi connectivity index (χ1v) is 11.7. The summed E-state index contributed by atoms with van der Waals surface area (Å²) in [4.78, 5) is 12.2. The molecule has 9 heteroatoms. The Kier molecular flexibility index (Phi) is 9.06. The van der Waals surface area contributed by atoms with Crippen LogP contribution in [-0.4, -0.2) is 33.0 Å². The molecule has 1 N–H and O–H groups in total. The van der Waals surface area contributed by atoms with Gasteiger partial charge in [0.1, 0.15) is 11.6 Å². The molecule has 2 aromatic carbocycles. The molecule has 0 aliphatic rings. The van der Waals surface area contributed by atoms with Crippen LogP contribution in [0.4, 0.5) is 0 Å². The normalized spacial score (nSPS) is 10.8. The van der Waals surface area contributed by atoms with E-state index in [4.69, 9.17) is 27.9 Å². The molecule has 3 aromatic rings. The van der Waals surface area contributed by atoms with Gasteiger partial charge in [0.2, 0.25) is 5.91 Å². The van der Waals surface area contributed by atoms with Gasteiger partial charge in [0.05, 0.1) is 17.4 Å². The van der Waals surface area contributed by atoms with Gasteiger partial charge in [-0.25, -0.2) is 0 Å². The van der Waals surface area contributed by atoms with Gasteiger partial charge < -0.3 is 14.6 Å². The van der Waals surface area contributed by atoms with Gasteiger partial charge in [-0.05, 0) is 37.1 Å². The van der Waals surface area contributed by atoms with E-state index in [0.29, 0.717) is 41.1 Å². The first kappa shape index (κ1) is 23.4. The number of rotatable bonds is 11. The predicted octanol–water partition coefficient (Wildman–Crippen LogP) is 5.02. The van der Waals surface area contributed by atoms with E-state index in [1.807, 2.05) is 41.8 Å². The second kappa shape index (κ2) is 12.0. The van der Waals surface area contributed by atoms with Crippen molar-refractivity contribution >= 4 is 40.9 Å². The number of benzene rings is 2. The molecule has 0 radical (unpaired) electrons. The summed E-state index contributed by atoms with van der Waals surface area (Å²) >= 11 is 13.4. The van der Waals surface area contributed by atoms with E-state index in [-0.39, 0.29) is 5.91 Å². The molecule has 0 bridgehead atoms. The fraction of sp³-hybridized carbons (Fsp3) is 0.318. The standard InChI is InChI=1S/C22H24Cl2N4O2S/c1-2-28-20(9-6-12-30-19-11-10-17(23)13-18(19)24)26-27-22(28)31-15-21(29)25-14-16-7-4-3-5-8-16/h3-5,7-8,10-11,13H,2,6,9,12,14-15H2,1H3,(H,25,29). The van der Waals surface area contributed by atoms with Gasteiger partial charge >= 0.3 is 0 Å². The van der Waals surface area contributed by atoms with E-state index < -0.39 is 0 Å². The van der Waals surface area contributed by atoms with Crippen LogP contribution in [0.5, 0.6) is 5.75 Å². The first-order chi connectivity index (χ1) is 15.1. The number of nitrogens with zero attached hydrogens (tertiary/aromatic N) is 3. The Morgan fingerprint density at radius 1 is 1.16 bits per heavy atom. The molecule has 0 unspecified atom stereocenters. The van der Waals surface area contributed by atoms with E-state index in [9.17, 15) is 4.79 Å². The van der Waals surface area contributed by atoms with Gasteiger partial charge in [0.25, 0.3) is 0 Å². The Morgan fingerprint density at radius 2 is 1.97 bits per heavy atom. The zero-order valence-electron chi connectivity index (χ0n) is 17.2. The molecule has 1 aromatic heterocycles. The highest BCUT2D eigenvalue weighted by Gasteiger charge is 2.13. The summed E-state index contributed by atoms with van der Waals surface area (Å²) in [5.41, 5.74) is 1.07. The Labute approximate surface area is 196 Å². The molecule has 0 aliphatic heterocycles. The van der Waals surface area contributed by atoms with Crippen molar-refractivity contribution in [1.82, 2.24) is 20.1 Å². The lowest BCUT2D eigenvalue weighted by Crippen LogP contribution is -2.24. The summed E-state index contributed by atoms with van der Waals surface area (Å²) in [6.07, 6.45) is 1.48. The highest BCUT2D eigenvalue weighted by Crippen LogP contribution is 2.27. The predicted molar refractivity (Wildman–Crippen MR) is 125 cm³/mol. The minimum atomic E-state index is -0.0331. The zero-order chi connectivity index (χ0) is 22.1. The molecule has 0 fully saturated rings. The van der Waals surface area contributed by atoms with Crippen LogP contribution in [0.3, 0.4) is 0 Å². The summed E-state index contributed by atoms with van der Waals surface area (Å²) in [5, 5.41) is 13.3. The third kappa shape index (κ3) is 7.16. The van der Waals surface area contributed by atoms with Crippen LogP contribution < -0.4 is 10.1 Å². The van der Waals surface area contributed by atoms with Crippen LogP contribution >= 0.6 is 35.0 Å². The number of hydrogen-bond acceptors (Lipinski definition) is 5. The van der Waals surface area contributed by atoms with Gasteiger partial charge in [-0.2, -0.15) is 0 Å². The Bertz CT molecular complexity index is 998. The highest BCUT2D eigenvalue weighted by atomic mass is 35.5. The largest absolute Gasteiger partial charge is 0.492 e. The second-order valence-electron chi connectivity index (χ2n) is 6.72. The molecule has 0 saturated heterocycles. The van der Waals surface area contributed by atoms with Gasteiger partial charge in [-0.3, -0.25) is 4.79 Å². The van der Waals surface area contributed by atoms with Crippen LogP contribution in [0, 0.1) is 0 Å². The molecule has 1 heterocycles. The monoisotopic (exact) mass is 478 g/mol. The van der Waals surface area contributed by atoms with Gasteiger partial charge in [-0.15, -0.1) is 10.2 Å². The second-order valence-corrected chi connectivity index (χ2v) is 8.51. The number of ether oxygens (including phenoxy) is 1. The van der Waals surface area contributed by atoms with Crippen molar-refractivity contribution in [2.45, 2.75) is 38.0 Å². The van der Waals surface area contributed by atoms with Crippen molar-refractivity contribution in [2.24, 2.45) is 0 Å². The number of thioether (sulfide) groups is 1.